The van der Waals surface area contributed by atoms with E-state index >= 15 is 0 Å². The summed E-state index contributed by atoms with van der Waals surface area (Å²) in [5.41, 5.74) is 0.888. The summed E-state index contributed by atoms with van der Waals surface area (Å²) in [5.74, 6) is 1.52. The lowest BCUT2D eigenvalue weighted by Crippen LogP contribution is -2.41. The normalized spacial score (nSPS) is 11.8. The second-order valence-corrected chi connectivity index (χ2v) is 5.80. The predicted molar refractivity (Wildman–Crippen MR) is 91.6 cm³/mol. The third-order valence-electron chi connectivity index (χ3n) is 3.29. The van der Waals surface area contributed by atoms with Gasteiger partial charge in [0.15, 0.2) is 5.82 Å². The number of benzene rings is 1. The van der Waals surface area contributed by atoms with E-state index < -0.39 is 12.1 Å². The van der Waals surface area contributed by atoms with Crippen LogP contribution in [0.1, 0.15) is 24.2 Å². The topological polar surface area (TPSA) is 110 Å². The molecule has 2 amide bonds. The average Bonchev–Trinajstić information content (AvgIpc) is 3.07. The molecular formula is C16H21ClN4O4. The minimum atomic E-state index is -0.849. The molecule has 25 heavy (non-hydrogen) atoms. The van der Waals surface area contributed by atoms with Crippen LogP contribution in [0.3, 0.4) is 0 Å². The van der Waals surface area contributed by atoms with E-state index in [1.54, 1.807) is 18.2 Å². The van der Waals surface area contributed by atoms with Crippen molar-refractivity contribution >= 4 is 17.6 Å². The summed E-state index contributed by atoms with van der Waals surface area (Å²) >= 11 is 5.94. The fraction of sp³-hybridized carbons (Fsp3) is 0.438. The highest BCUT2D eigenvalue weighted by Crippen LogP contribution is 2.21. The molecule has 1 aromatic heterocycles. The van der Waals surface area contributed by atoms with Crippen molar-refractivity contribution in [1.29, 1.82) is 0 Å². The highest BCUT2D eigenvalue weighted by Gasteiger charge is 2.10. The number of aromatic nitrogens is 2. The Morgan fingerprint density at radius 2 is 2.24 bits per heavy atom. The van der Waals surface area contributed by atoms with E-state index in [0.717, 1.165) is 5.56 Å². The van der Waals surface area contributed by atoms with Gasteiger partial charge in [-0.1, -0.05) is 23.7 Å². The molecule has 0 aliphatic heterocycles. The summed E-state index contributed by atoms with van der Waals surface area (Å²) < 4.78 is 10.4. The number of carbonyl (C=O) groups is 1. The lowest BCUT2D eigenvalue weighted by Gasteiger charge is -2.14. The van der Waals surface area contributed by atoms with Gasteiger partial charge < -0.3 is 25.0 Å². The van der Waals surface area contributed by atoms with Crippen LogP contribution in [0.15, 0.2) is 22.7 Å². The van der Waals surface area contributed by atoms with E-state index in [0.29, 0.717) is 28.9 Å². The summed E-state index contributed by atoms with van der Waals surface area (Å²) in [7, 11) is 0. The van der Waals surface area contributed by atoms with Gasteiger partial charge in [0.1, 0.15) is 18.5 Å². The third kappa shape index (κ3) is 6.24. The maximum Gasteiger partial charge on any atom is 0.315 e. The van der Waals surface area contributed by atoms with Crippen LogP contribution in [0.2, 0.25) is 5.02 Å². The fourth-order valence-corrected chi connectivity index (χ4v) is 2.01. The maximum atomic E-state index is 11.7. The van der Waals surface area contributed by atoms with Gasteiger partial charge in [-0.05, 0) is 30.7 Å². The van der Waals surface area contributed by atoms with Gasteiger partial charge in [-0.15, -0.1) is 0 Å². The molecule has 1 aromatic carbocycles. The molecule has 2 aromatic rings. The minimum absolute atomic E-state index is 0.0465. The summed E-state index contributed by atoms with van der Waals surface area (Å²) in [6, 6.07) is 4.79. The Hall–Kier alpha value is -2.32. The zero-order valence-electron chi connectivity index (χ0n) is 14.1. The number of nitrogens with zero attached hydrogens (tertiary/aromatic N) is 2. The van der Waals surface area contributed by atoms with E-state index in [2.05, 4.69) is 20.8 Å². The number of amides is 2. The number of aliphatic hydroxyl groups excluding tert-OH is 1. The second kappa shape index (κ2) is 9.24. The average molecular weight is 369 g/mol. The number of halogens is 1. The minimum Gasteiger partial charge on any atom is -0.491 e. The first kappa shape index (κ1) is 19.0. The Kier molecular flexibility index (Phi) is 7.03. The quantitative estimate of drug-likeness (QED) is 0.655. The van der Waals surface area contributed by atoms with Crippen molar-refractivity contribution in [3.05, 3.63) is 40.5 Å². The first-order chi connectivity index (χ1) is 12.0. The summed E-state index contributed by atoms with van der Waals surface area (Å²) in [6.45, 7) is 4.00. The van der Waals surface area contributed by atoms with Crippen molar-refractivity contribution in [3.63, 3.8) is 0 Å². The first-order valence-electron chi connectivity index (χ1n) is 7.88. The summed E-state index contributed by atoms with van der Waals surface area (Å²) in [6.07, 6.45) is -0.211. The van der Waals surface area contributed by atoms with Gasteiger partial charge in [0.05, 0.1) is 6.54 Å². The number of carbonyl (C=O) groups excluding carboxylic acids is 1. The number of hydrogen-bond acceptors (Lipinski definition) is 6. The number of urea groups is 1. The van der Waals surface area contributed by atoms with Crippen molar-refractivity contribution in [1.82, 2.24) is 20.8 Å². The number of ether oxygens (including phenoxy) is 1. The van der Waals surface area contributed by atoms with Gasteiger partial charge in [0.2, 0.25) is 5.89 Å². The molecule has 1 heterocycles. The molecule has 0 saturated heterocycles. The zero-order chi connectivity index (χ0) is 18.2. The lowest BCUT2D eigenvalue weighted by molar-refractivity contribution is 0.108. The predicted octanol–water partition coefficient (Wildman–Crippen LogP) is 1.83. The van der Waals surface area contributed by atoms with Crippen LogP contribution in [0.4, 0.5) is 4.79 Å². The Morgan fingerprint density at radius 1 is 1.44 bits per heavy atom. The SMILES string of the molecule is CCc1nc(CNC(=O)NC[C@H](O)COc2ccc(Cl)c(C)c2)no1. The van der Waals surface area contributed by atoms with Crippen LogP contribution >= 0.6 is 11.6 Å². The Bertz CT molecular complexity index is 707. The molecule has 3 N–H and O–H groups in total. The molecule has 0 saturated carbocycles. The van der Waals surface area contributed by atoms with Crippen molar-refractivity contribution in [3.8, 4) is 5.75 Å². The Balaban J connectivity index is 1.65. The van der Waals surface area contributed by atoms with E-state index in [1.807, 2.05) is 13.8 Å². The number of aryl methyl sites for hydroxylation is 2. The molecule has 1 atom stereocenters. The van der Waals surface area contributed by atoms with Crippen LogP contribution in [0.25, 0.3) is 0 Å². The summed E-state index contributed by atoms with van der Waals surface area (Å²) in [5, 5.41) is 19.4. The lowest BCUT2D eigenvalue weighted by atomic mass is 10.2. The molecular weight excluding hydrogens is 348 g/mol. The van der Waals surface area contributed by atoms with E-state index in [9.17, 15) is 9.90 Å². The van der Waals surface area contributed by atoms with Crippen molar-refractivity contribution < 1.29 is 19.2 Å². The summed E-state index contributed by atoms with van der Waals surface area (Å²) in [4.78, 5) is 15.8. The second-order valence-electron chi connectivity index (χ2n) is 5.40. The van der Waals surface area contributed by atoms with E-state index in [1.165, 1.54) is 0 Å². The molecule has 0 bridgehead atoms. The first-order valence-corrected chi connectivity index (χ1v) is 8.26. The number of hydrogen-bond donors (Lipinski definition) is 3. The van der Waals surface area contributed by atoms with Crippen LogP contribution in [0.5, 0.6) is 5.75 Å². The molecule has 2 rings (SSSR count). The molecule has 0 aliphatic rings. The monoisotopic (exact) mass is 368 g/mol. The van der Waals surface area contributed by atoms with Gasteiger partial charge >= 0.3 is 6.03 Å². The van der Waals surface area contributed by atoms with Crippen LogP contribution in [0, 0.1) is 6.92 Å². The van der Waals surface area contributed by atoms with Gasteiger partial charge in [-0.2, -0.15) is 4.98 Å². The number of aliphatic hydroxyl groups is 1. The van der Waals surface area contributed by atoms with Gasteiger partial charge in [-0.25, -0.2) is 4.79 Å². The third-order valence-corrected chi connectivity index (χ3v) is 3.71. The highest BCUT2D eigenvalue weighted by atomic mass is 35.5. The molecule has 9 heteroatoms. The number of nitrogens with one attached hydrogen (secondary N) is 2. The van der Waals surface area contributed by atoms with Crippen molar-refractivity contribution in [2.45, 2.75) is 32.9 Å². The smallest absolute Gasteiger partial charge is 0.315 e. The highest BCUT2D eigenvalue weighted by molar-refractivity contribution is 6.31. The largest absolute Gasteiger partial charge is 0.491 e. The fourth-order valence-electron chi connectivity index (χ4n) is 1.90. The van der Waals surface area contributed by atoms with Gasteiger partial charge in [0.25, 0.3) is 0 Å². The van der Waals surface area contributed by atoms with Crippen LogP contribution in [-0.4, -0.2) is 40.5 Å². The van der Waals surface area contributed by atoms with E-state index in [4.69, 9.17) is 20.9 Å². The van der Waals surface area contributed by atoms with Crippen LogP contribution < -0.4 is 15.4 Å². The van der Waals surface area contributed by atoms with Crippen molar-refractivity contribution in [2.75, 3.05) is 13.2 Å². The molecule has 0 radical (unpaired) electrons. The zero-order valence-corrected chi connectivity index (χ0v) is 14.8. The van der Waals surface area contributed by atoms with Gasteiger partial charge in [0, 0.05) is 18.0 Å². The van der Waals surface area contributed by atoms with E-state index in [-0.39, 0.29) is 19.7 Å². The molecule has 8 nitrogen and oxygen atoms in total. The number of rotatable bonds is 8. The van der Waals surface area contributed by atoms with Crippen LogP contribution in [-0.2, 0) is 13.0 Å². The molecule has 0 unspecified atom stereocenters. The Morgan fingerprint density at radius 3 is 2.92 bits per heavy atom. The molecule has 0 fully saturated rings. The van der Waals surface area contributed by atoms with Gasteiger partial charge in [-0.3, -0.25) is 0 Å². The molecule has 0 aliphatic carbocycles. The maximum absolute atomic E-state index is 11.7. The Labute approximate surface area is 150 Å². The molecule has 136 valence electrons. The van der Waals surface area contributed by atoms with Crippen molar-refractivity contribution in [2.24, 2.45) is 0 Å². The molecule has 0 spiro atoms. The standard InChI is InChI=1S/C16H21ClN4O4/c1-3-15-20-14(21-25-15)8-19-16(23)18-7-11(22)9-24-12-4-5-13(17)10(2)6-12/h4-6,11,22H,3,7-9H2,1-2H3,(H2,18,19,23)/t11-/m0/s1.